The Morgan fingerprint density at radius 2 is 2.12 bits per heavy atom. The molecule has 0 N–H and O–H groups in total. The molecule has 1 aromatic rings. The molecular formula is C17H23F2N3O2. The van der Waals surface area contributed by atoms with Crippen molar-refractivity contribution < 1.29 is 18.3 Å². The third-order valence-corrected chi connectivity index (χ3v) is 4.95. The number of pyridine rings is 1. The standard InChI is InChI=1S/C17H23F2N3O2/c1-11(2)21-5-6-24-15-10-22(4-3-12(15)9-21)17(23)13-7-16(19)20-8-14(13)18/h7-8,11-12,15H,3-6,9-10H2,1-2H3. The minimum atomic E-state index is -0.854. The molecule has 5 nitrogen and oxygen atoms in total. The van der Waals surface area contributed by atoms with Crippen molar-refractivity contribution in [2.45, 2.75) is 32.4 Å². The SMILES string of the molecule is CC(C)N1CCOC2CN(C(=O)c3cc(F)ncc3F)CCC2C1. The normalized spacial score (nSPS) is 25.5. The fraction of sp³-hybridized carbons (Fsp3) is 0.647. The molecule has 2 atom stereocenters. The van der Waals surface area contributed by atoms with Gasteiger partial charge in [0.15, 0.2) is 5.82 Å². The van der Waals surface area contributed by atoms with Crippen molar-refractivity contribution in [3.05, 3.63) is 29.6 Å². The topological polar surface area (TPSA) is 45.7 Å². The zero-order chi connectivity index (χ0) is 17.3. The van der Waals surface area contributed by atoms with Crippen molar-refractivity contribution in [1.82, 2.24) is 14.8 Å². The number of carbonyl (C=O) groups excluding carboxylic acids is 1. The van der Waals surface area contributed by atoms with Crippen molar-refractivity contribution in [1.29, 1.82) is 0 Å². The van der Waals surface area contributed by atoms with E-state index >= 15 is 0 Å². The van der Waals surface area contributed by atoms with E-state index in [0.717, 1.165) is 31.8 Å². The number of nitrogens with zero attached hydrogens (tertiary/aromatic N) is 3. The Morgan fingerprint density at radius 1 is 1.33 bits per heavy atom. The molecule has 0 aromatic carbocycles. The molecule has 2 fully saturated rings. The number of hydrogen-bond acceptors (Lipinski definition) is 4. The Hall–Kier alpha value is -1.60. The van der Waals surface area contributed by atoms with Gasteiger partial charge in [-0.1, -0.05) is 0 Å². The Labute approximate surface area is 140 Å². The summed E-state index contributed by atoms with van der Waals surface area (Å²) >= 11 is 0. The van der Waals surface area contributed by atoms with Crippen LogP contribution in [0.5, 0.6) is 0 Å². The summed E-state index contributed by atoms with van der Waals surface area (Å²) in [6, 6.07) is 1.32. The highest BCUT2D eigenvalue weighted by Crippen LogP contribution is 2.26. The van der Waals surface area contributed by atoms with Gasteiger partial charge in [0, 0.05) is 44.2 Å². The largest absolute Gasteiger partial charge is 0.375 e. The average Bonchev–Trinajstić information content (AvgIpc) is 2.78. The first kappa shape index (κ1) is 17.2. The van der Waals surface area contributed by atoms with Crippen LogP contribution in [0, 0.1) is 17.7 Å². The molecule has 1 aromatic heterocycles. The van der Waals surface area contributed by atoms with Gasteiger partial charge in [0.1, 0.15) is 0 Å². The number of fused-ring (bicyclic) bond motifs is 1. The van der Waals surface area contributed by atoms with Gasteiger partial charge < -0.3 is 9.64 Å². The smallest absolute Gasteiger partial charge is 0.257 e. The van der Waals surface area contributed by atoms with Crippen LogP contribution in [-0.2, 0) is 4.74 Å². The molecule has 2 saturated heterocycles. The third-order valence-electron chi connectivity index (χ3n) is 4.95. The maximum atomic E-state index is 13.8. The zero-order valence-electron chi connectivity index (χ0n) is 14.0. The van der Waals surface area contributed by atoms with Crippen LogP contribution in [0.2, 0.25) is 0 Å². The Kier molecular flexibility index (Phi) is 5.10. The number of hydrogen-bond donors (Lipinski definition) is 0. The van der Waals surface area contributed by atoms with Gasteiger partial charge in [-0.3, -0.25) is 9.69 Å². The van der Waals surface area contributed by atoms with Crippen LogP contribution >= 0.6 is 0 Å². The molecule has 0 radical (unpaired) electrons. The van der Waals surface area contributed by atoms with Gasteiger partial charge in [-0.25, -0.2) is 9.37 Å². The van der Waals surface area contributed by atoms with Gasteiger partial charge in [-0.05, 0) is 20.3 Å². The fourth-order valence-electron chi connectivity index (χ4n) is 3.48. The van der Waals surface area contributed by atoms with Crippen molar-refractivity contribution in [3.63, 3.8) is 0 Å². The molecule has 2 aliphatic heterocycles. The van der Waals surface area contributed by atoms with Crippen LogP contribution in [0.3, 0.4) is 0 Å². The van der Waals surface area contributed by atoms with Crippen molar-refractivity contribution in [3.8, 4) is 0 Å². The molecule has 0 bridgehead atoms. The molecule has 132 valence electrons. The summed E-state index contributed by atoms with van der Waals surface area (Å²) in [5, 5.41) is 0. The summed E-state index contributed by atoms with van der Waals surface area (Å²) < 4.78 is 33.0. The van der Waals surface area contributed by atoms with Gasteiger partial charge in [0.2, 0.25) is 5.95 Å². The Morgan fingerprint density at radius 3 is 2.88 bits per heavy atom. The number of ether oxygens (including phenoxy) is 1. The average molecular weight is 339 g/mol. The third kappa shape index (κ3) is 3.57. The summed E-state index contributed by atoms with van der Waals surface area (Å²) in [4.78, 5) is 19.7. The van der Waals surface area contributed by atoms with E-state index in [1.807, 2.05) is 0 Å². The molecule has 3 heterocycles. The highest BCUT2D eigenvalue weighted by atomic mass is 19.1. The first-order valence-corrected chi connectivity index (χ1v) is 8.41. The summed E-state index contributed by atoms with van der Waals surface area (Å²) in [5.41, 5.74) is -0.265. The minimum Gasteiger partial charge on any atom is -0.375 e. The molecule has 1 amide bonds. The van der Waals surface area contributed by atoms with Crippen molar-refractivity contribution >= 4 is 5.91 Å². The van der Waals surface area contributed by atoms with Crippen LogP contribution < -0.4 is 0 Å². The van der Waals surface area contributed by atoms with Gasteiger partial charge in [-0.2, -0.15) is 4.39 Å². The maximum Gasteiger partial charge on any atom is 0.257 e. The van der Waals surface area contributed by atoms with Crippen molar-refractivity contribution in [2.24, 2.45) is 5.92 Å². The van der Waals surface area contributed by atoms with Crippen LogP contribution in [0.4, 0.5) is 8.78 Å². The monoisotopic (exact) mass is 339 g/mol. The van der Waals surface area contributed by atoms with Gasteiger partial charge in [0.25, 0.3) is 5.91 Å². The maximum absolute atomic E-state index is 13.8. The molecule has 0 saturated carbocycles. The molecule has 24 heavy (non-hydrogen) atoms. The zero-order valence-corrected chi connectivity index (χ0v) is 14.0. The van der Waals surface area contributed by atoms with E-state index in [1.165, 1.54) is 0 Å². The number of amides is 1. The first-order valence-electron chi connectivity index (χ1n) is 8.41. The van der Waals surface area contributed by atoms with Crippen molar-refractivity contribution in [2.75, 3.05) is 32.8 Å². The lowest BCUT2D eigenvalue weighted by molar-refractivity contribution is -0.0172. The quantitative estimate of drug-likeness (QED) is 0.773. The second kappa shape index (κ2) is 7.11. The van der Waals surface area contributed by atoms with E-state index in [-0.39, 0.29) is 11.7 Å². The van der Waals surface area contributed by atoms with Gasteiger partial charge in [0.05, 0.1) is 24.5 Å². The molecular weight excluding hydrogens is 316 g/mol. The summed E-state index contributed by atoms with van der Waals surface area (Å²) in [5.74, 6) is -1.79. The number of halogens is 2. The number of piperidine rings is 1. The number of carbonyl (C=O) groups is 1. The van der Waals surface area contributed by atoms with Crippen LogP contribution in [0.1, 0.15) is 30.6 Å². The van der Waals surface area contributed by atoms with E-state index in [0.29, 0.717) is 31.7 Å². The van der Waals surface area contributed by atoms with E-state index in [9.17, 15) is 13.6 Å². The summed E-state index contributed by atoms with van der Waals surface area (Å²) in [7, 11) is 0. The molecule has 2 aliphatic rings. The first-order chi connectivity index (χ1) is 11.5. The molecule has 2 unspecified atom stereocenters. The molecule has 0 spiro atoms. The predicted molar refractivity (Wildman–Crippen MR) is 84.6 cm³/mol. The minimum absolute atomic E-state index is 0.0544. The lowest BCUT2D eigenvalue weighted by atomic mass is 9.92. The molecule has 0 aliphatic carbocycles. The lowest BCUT2D eigenvalue weighted by Gasteiger charge is -2.38. The second-order valence-electron chi connectivity index (χ2n) is 6.78. The predicted octanol–water partition coefficient (Wildman–Crippen LogP) is 1.93. The molecule has 7 heteroatoms. The van der Waals surface area contributed by atoms with Crippen LogP contribution in [0.25, 0.3) is 0 Å². The van der Waals surface area contributed by atoms with Gasteiger partial charge >= 0.3 is 0 Å². The summed E-state index contributed by atoms with van der Waals surface area (Å²) in [6.45, 7) is 7.72. The number of rotatable bonds is 2. The van der Waals surface area contributed by atoms with Gasteiger partial charge in [-0.15, -0.1) is 0 Å². The van der Waals surface area contributed by atoms with E-state index in [2.05, 4.69) is 23.7 Å². The number of likely N-dealkylation sites (tertiary alicyclic amines) is 1. The Bertz CT molecular complexity index is 611. The van der Waals surface area contributed by atoms with Crippen LogP contribution in [-0.4, -0.2) is 65.6 Å². The second-order valence-corrected chi connectivity index (χ2v) is 6.78. The molecule has 3 rings (SSSR count). The van der Waals surface area contributed by atoms with Crippen LogP contribution in [0.15, 0.2) is 12.3 Å². The van der Waals surface area contributed by atoms with E-state index in [4.69, 9.17) is 4.74 Å². The lowest BCUT2D eigenvalue weighted by Crippen LogP contribution is -2.49. The highest BCUT2D eigenvalue weighted by Gasteiger charge is 2.36. The fourth-order valence-corrected chi connectivity index (χ4v) is 3.48. The Balaban J connectivity index is 1.70. The number of aromatic nitrogens is 1. The summed E-state index contributed by atoms with van der Waals surface area (Å²) in [6.07, 6.45) is 1.49. The van der Waals surface area contributed by atoms with E-state index < -0.39 is 17.7 Å². The van der Waals surface area contributed by atoms with E-state index in [1.54, 1.807) is 4.90 Å². The highest BCUT2D eigenvalue weighted by molar-refractivity contribution is 5.94.